The van der Waals surface area contributed by atoms with Gasteiger partial charge in [-0.15, -0.1) is 0 Å². The number of fused-ring (bicyclic) bond motifs is 16. The number of nitrogens with zero attached hydrogens (tertiary/aromatic N) is 6. The van der Waals surface area contributed by atoms with E-state index in [1.807, 2.05) is 6.20 Å². The predicted molar refractivity (Wildman–Crippen MR) is 358 cm³/mol. The summed E-state index contributed by atoms with van der Waals surface area (Å²) in [5.74, 6) is 2.29. The lowest BCUT2D eigenvalue weighted by atomic mass is 9.83. The molecule has 6 heterocycles. The van der Waals surface area contributed by atoms with Crippen molar-refractivity contribution in [2.45, 2.75) is 52.4 Å². The molecule has 0 unspecified atom stereocenters. The zero-order valence-corrected chi connectivity index (χ0v) is 49.3. The van der Waals surface area contributed by atoms with Gasteiger partial charge in [-0.2, -0.15) is 0 Å². The van der Waals surface area contributed by atoms with Gasteiger partial charge < -0.3 is 13.9 Å². The smallest absolute Gasteiger partial charge is 0.269 e. The van der Waals surface area contributed by atoms with Crippen LogP contribution in [0.2, 0.25) is 0 Å². The number of hydrogen-bond acceptors (Lipinski definition) is 2. The van der Waals surface area contributed by atoms with Crippen LogP contribution in [0.15, 0.2) is 255 Å². The van der Waals surface area contributed by atoms with Crippen molar-refractivity contribution < 1.29 is 9.30 Å². The summed E-state index contributed by atoms with van der Waals surface area (Å²) >= 11 is 0. The molecule has 0 saturated carbocycles. The summed E-state index contributed by atoms with van der Waals surface area (Å²) in [7, 11) is 0. The first-order valence-electron chi connectivity index (χ1n) is 30.1. The van der Waals surface area contributed by atoms with Gasteiger partial charge in [0.2, 0.25) is 0 Å². The molecule has 0 bridgehead atoms. The quantitative estimate of drug-likeness (QED) is 0.123. The van der Waals surface area contributed by atoms with Crippen LogP contribution in [0.4, 0.5) is 0 Å². The third-order valence-corrected chi connectivity index (χ3v) is 18.1. The van der Waals surface area contributed by atoms with Gasteiger partial charge >= 0.3 is 0 Å². The Morgan fingerprint density at radius 2 is 0.851 bits per heavy atom. The number of para-hydroxylation sites is 5. The lowest BCUT2D eigenvalue weighted by Gasteiger charge is -2.26. The maximum atomic E-state index is 7.09. The summed E-state index contributed by atoms with van der Waals surface area (Å²) in [6.45, 7) is 13.7. The van der Waals surface area contributed by atoms with E-state index in [2.05, 4.69) is 319 Å². The molecule has 0 atom stereocenters. The minimum atomic E-state index is -0.214. The second-order valence-electron chi connectivity index (χ2n) is 25.4. The molecule has 0 spiro atoms. The Kier molecular flexibility index (Phi) is 11.0. The van der Waals surface area contributed by atoms with Gasteiger partial charge in [-0.3, -0.25) is 13.7 Å². The summed E-state index contributed by atoms with van der Waals surface area (Å²) in [5.41, 5.74) is 21.7. The van der Waals surface area contributed by atoms with E-state index >= 15 is 0 Å². The van der Waals surface area contributed by atoms with Crippen molar-refractivity contribution in [2.75, 3.05) is 0 Å². The number of pyridine rings is 1. The summed E-state index contributed by atoms with van der Waals surface area (Å²) in [6.07, 6.45) is 6.11. The number of rotatable bonds is 6. The van der Waals surface area contributed by atoms with Crippen LogP contribution in [-0.2, 0) is 10.8 Å². The molecule has 7 nitrogen and oxygen atoms in total. The van der Waals surface area contributed by atoms with Gasteiger partial charge in [-0.25, -0.2) is 4.98 Å². The third-order valence-electron chi connectivity index (χ3n) is 18.1. The lowest BCUT2D eigenvalue weighted by molar-refractivity contribution is -0.571. The minimum absolute atomic E-state index is 0.0507. The summed E-state index contributed by atoms with van der Waals surface area (Å²) in [5, 5.41) is 7.12. The van der Waals surface area contributed by atoms with Gasteiger partial charge in [0.05, 0.1) is 61.2 Å². The number of benzene rings is 11. The molecule has 87 heavy (non-hydrogen) atoms. The standard InChI is InChI=1S/C80H60N6O/c1-79(2,3)50-40-41-81-76(44-50)86-72-37-20-15-32-64(72)65-39-38-55(48-73(65)86)87-54-23-21-22-52(45-54)82-49-83-77-67(46-53(47-74(77)82)84-68-33-16-11-28-60(68)61-29-12-17-34-69(61)84)59-27-10-8-25-57(59)56-24-7-9-26-58(56)66-42-51(80(4,5)6)43-75(78(66)83)85-70-35-18-13-30-62(70)63-31-14-19-36-71(63)85/h7-48H,1-6H3. The van der Waals surface area contributed by atoms with Crippen molar-refractivity contribution in [2.24, 2.45) is 0 Å². The zero-order chi connectivity index (χ0) is 58.4. The zero-order valence-electron chi connectivity index (χ0n) is 49.3. The molecule has 0 aliphatic carbocycles. The molecule has 7 heteroatoms. The Bertz CT molecular complexity index is 5430. The van der Waals surface area contributed by atoms with Gasteiger partial charge in [0.1, 0.15) is 17.3 Å². The number of hydrogen-bond donors (Lipinski definition) is 0. The van der Waals surface area contributed by atoms with Crippen LogP contribution in [0.5, 0.6) is 11.5 Å². The normalized spacial score (nSPS) is 12.5. The average molecular weight is 1120 g/mol. The van der Waals surface area contributed by atoms with E-state index < -0.39 is 0 Å². The van der Waals surface area contributed by atoms with Crippen molar-refractivity contribution in [3.05, 3.63) is 272 Å². The van der Waals surface area contributed by atoms with E-state index in [9.17, 15) is 0 Å². The second kappa shape index (κ2) is 18.9. The number of aromatic nitrogens is 6. The maximum absolute atomic E-state index is 7.09. The SMILES string of the molecule is CC(C)(C)c1ccnc(-n2c3ccccc3c3ccc(Oc4cccc(-n5[c-][n+]6c7c(cc(-n8c9ccccc9c9ccccc98)cc75)-c5ccccc5-c5ccccc5-c5cc(C(C)(C)C)cc(-n7c8ccccc8c8ccccc87)c5-6)c4)cc32)c1. The first-order valence-corrected chi connectivity index (χ1v) is 30.1. The van der Waals surface area contributed by atoms with E-state index in [1.54, 1.807) is 0 Å². The molecule has 0 fully saturated rings. The molecular weight excluding hydrogens is 1060 g/mol. The van der Waals surface area contributed by atoms with E-state index in [-0.39, 0.29) is 10.8 Å². The summed E-state index contributed by atoms with van der Waals surface area (Å²) in [6, 6.07) is 90.9. The van der Waals surface area contributed by atoms with Crippen molar-refractivity contribution >= 4 is 76.5 Å². The molecule has 1 aliphatic rings. The van der Waals surface area contributed by atoms with Gasteiger partial charge in [0.15, 0.2) is 0 Å². The van der Waals surface area contributed by atoms with Crippen LogP contribution in [-0.4, -0.2) is 23.3 Å². The first kappa shape index (κ1) is 50.7. The second-order valence-corrected chi connectivity index (χ2v) is 25.4. The molecule has 0 saturated heterocycles. The first-order chi connectivity index (χ1) is 42.4. The average Bonchev–Trinajstić information content (AvgIpc) is 1.92. The monoisotopic (exact) mass is 1120 g/mol. The Morgan fingerprint density at radius 3 is 1.43 bits per heavy atom. The van der Waals surface area contributed by atoms with Crippen LogP contribution in [0, 0.1) is 6.33 Å². The van der Waals surface area contributed by atoms with Gasteiger partial charge in [-0.05, 0) is 146 Å². The number of ether oxygens (including phenoxy) is 1. The predicted octanol–water partition coefficient (Wildman–Crippen LogP) is 20.1. The molecule has 0 amide bonds. The Labute approximate surface area is 504 Å². The van der Waals surface area contributed by atoms with E-state index in [4.69, 9.17) is 9.72 Å². The lowest BCUT2D eigenvalue weighted by Crippen LogP contribution is -2.33. The van der Waals surface area contributed by atoms with Crippen molar-refractivity contribution in [1.82, 2.24) is 23.3 Å². The molecular formula is C80H60N6O. The van der Waals surface area contributed by atoms with Crippen molar-refractivity contribution in [3.8, 4) is 73.4 Å². The number of imidazole rings is 1. The van der Waals surface area contributed by atoms with E-state index in [0.717, 1.165) is 117 Å². The molecule has 416 valence electrons. The van der Waals surface area contributed by atoms with Crippen molar-refractivity contribution in [1.29, 1.82) is 0 Å². The summed E-state index contributed by atoms with van der Waals surface area (Å²) in [4.78, 5) is 4.98. The van der Waals surface area contributed by atoms with E-state index in [1.165, 1.54) is 38.2 Å². The minimum Gasteiger partial charge on any atom is -0.458 e. The topological polar surface area (TPSA) is 45.7 Å². The highest BCUT2D eigenvalue weighted by Crippen LogP contribution is 2.48. The fourth-order valence-electron chi connectivity index (χ4n) is 13.9. The Balaban J connectivity index is 0.964. The van der Waals surface area contributed by atoms with Crippen LogP contribution >= 0.6 is 0 Å². The summed E-state index contributed by atoms with van der Waals surface area (Å²) < 4.78 is 19.0. The Morgan fingerprint density at radius 1 is 0.356 bits per heavy atom. The molecule has 0 N–H and O–H groups in total. The van der Waals surface area contributed by atoms with Crippen LogP contribution in [0.1, 0.15) is 52.7 Å². The Hall–Kier alpha value is -10.8. The van der Waals surface area contributed by atoms with Gasteiger partial charge in [-0.1, -0.05) is 193 Å². The molecule has 17 rings (SSSR count). The molecule has 11 aromatic carbocycles. The maximum Gasteiger partial charge on any atom is 0.269 e. The largest absolute Gasteiger partial charge is 0.458 e. The van der Waals surface area contributed by atoms with Crippen LogP contribution in [0.25, 0.3) is 138 Å². The highest BCUT2D eigenvalue weighted by atomic mass is 16.5. The van der Waals surface area contributed by atoms with Gasteiger partial charge in [0, 0.05) is 50.3 Å². The van der Waals surface area contributed by atoms with Gasteiger partial charge in [0.25, 0.3) is 6.33 Å². The highest BCUT2D eigenvalue weighted by molar-refractivity contribution is 6.13. The fraction of sp³-hybridized carbons (Fsp3) is 0.100. The van der Waals surface area contributed by atoms with Crippen LogP contribution in [0.3, 0.4) is 0 Å². The molecule has 1 aliphatic heterocycles. The highest BCUT2D eigenvalue weighted by Gasteiger charge is 2.31. The van der Waals surface area contributed by atoms with E-state index in [0.29, 0.717) is 5.75 Å². The third kappa shape index (κ3) is 7.82. The fourth-order valence-corrected chi connectivity index (χ4v) is 13.9. The van der Waals surface area contributed by atoms with Crippen LogP contribution < -0.4 is 9.30 Å². The molecule has 5 aromatic heterocycles. The molecule has 16 aromatic rings. The van der Waals surface area contributed by atoms with Crippen molar-refractivity contribution in [3.63, 3.8) is 0 Å². The molecule has 0 radical (unpaired) electrons.